The maximum Gasteiger partial charge on any atom is 0.272 e. The van der Waals surface area contributed by atoms with Crippen LogP contribution in [0.25, 0.3) is 0 Å². The van der Waals surface area contributed by atoms with E-state index in [2.05, 4.69) is 15.7 Å². The predicted octanol–water partition coefficient (Wildman–Crippen LogP) is 4.17. The van der Waals surface area contributed by atoms with Gasteiger partial charge in [-0.05, 0) is 61.0 Å². The maximum absolute atomic E-state index is 12.9. The zero-order chi connectivity index (χ0) is 24.6. The van der Waals surface area contributed by atoms with Crippen LogP contribution < -0.4 is 20.1 Å². The minimum Gasteiger partial charge on any atom is -0.494 e. The summed E-state index contributed by atoms with van der Waals surface area (Å²) < 4.78 is 17.9. The topological polar surface area (TPSA) is 108 Å². The van der Waals surface area contributed by atoms with Gasteiger partial charge in [0.15, 0.2) is 0 Å². The van der Waals surface area contributed by atoms with Crippen LogP contribution in [0.3, 0.4) is 0 Å². The van der Waals surface area contributed by atoms with Crippen LogP contribution in [0.15, 0.2) is 77.5 Å². The Balaban J connectivity index is 1.38. The van der Waals surface area contributed by atoms with Crippen molar-refractivity contribution < 1.29 is 23.5 Å². The van der Waals surface area contributed by atoms with E-state index in [-0.39, 0.29) is 24.1 Å². The first-order chi connectivity index (χ1) is 17.0. The van der Waals surface area contributed by atoms with Crippen molar-refractivity contribution in [3.63, 3.8) is 0 Å². The Bertz CT molecular complexity index is 1280. The van der Waals surface area contributed by atoms with Crippen LogP contribution in [0.2, 0.25) is 0 Å². The lowest BCUT2D eigenvalue weighted by atomic mass is 10.1. The lowest BCUT2D eigenvalue weighted by Gasteiger charge is -2.10. The van der Waals surface area contributed by atoms with E-state index in [1.54, 1.807) is 37.4 Å². The van der Waals surface area contributed by atoms with Crippen molar-refractivity contribution in [1.29, 1.82) is 0 Å². The lowest BCUT2D eigenvalue weighted by molar-refractivity contribution is 0.0939. The van der Waals surface area contributed by atoms with Gasteiger partial charge in [-0.25, -0.2) is 0 Å². The first kappa shape index (κ1) is 23.6. The first-order valence-electron chi connectivity index (χ1n) is 11.1. The monoisotopic (exact) mass is 474 g/mol. The number of carbonyl (C=O) groups excluding carboxylic acids is 2. The third kappa shape index (κ3) is 6.08. The maximum atomic E-state index is 12.9. The van der Waals surface area contributed by atoms with Gasteiger partial charge in [-0.1, -0.05) is 12.1 Å². The number of hydrogen-bond acceptors (Lipinski definition) is 6. The van der Waals surface area contributed by atoms with Crippen LogP contribution in [-0.4, -0.2) is 28.2 Å². The van der Waals surface area contributed by atoms with E-state index in [9.17, 15) is 9.59 Å². The molecule has 180 valence electrons. The fraction of sp³-hybridized carbons (Fsp3) is 0.192. The van der Waals surface area contributed by atoms with Crippen molar-refractivity contribution in [2.24, 2.45) is 7.05 Å². The largest absolute Gasteiger partial charge is 0.494 e. The number of carbonyl (C=O) groups is 2. The normalized spacial score (nSPS) is 10.6. The molecular formula is C26H26N4O5. The SMILES string of the molecule is CCOc1ccc(OCc2cccc(C(=O)Nc3cnn(C)c3C(=O)NCc3ccco3)c2)cc1. The number of amides is 2. The molecular weight excluding hydrogens is 448 g/mol. The fourth-order valence-corrected chi connectivity index (χ4v) is 3.42. The molecule has 0 aliphatic heterocycles. The fourth-order valence-electron chi connectivity index (χ4n) is 3.42. The molecule has 2 amide bonds. The van der Waals surface area contributed by atoms with Crippen LogP contribution in [0.1, 0.15) is 39.1 Å². The highest BCUT2D eigenvalue weighted by Gasteiger charge is 2.19. The number of anilines is 1. The van der Waals surface area contributed by atoms with Gasteiger partial charge in [-0.3, -0.25) is 14.3 Å². The van der Waals surface area contributed by atoms with Gasteiger partial charge in [0.2, 0.25) is 0 Å². The van der Waals surface area contributed by atoms with Crippen LogP contribution >= 0.6 is 0 Å². The number of nitrogens with zero attached hydrogens (tertiary/aromatic N) is 2. The summed E-state index contributed by atoms with van der Waals surface area (Å²) in [5, 5.41) is 9.66. The third-order valence-corrected chi connectivity index (χ3v) is 5.13. The third-order valence-electron chi connectivity index (χ3n) is 5.13. The predicted molar refractivity (Wildman–Crippen MR) is 129 cm³/mol. The molecule has 0 unspecified atom stereocenters. The Morgan fingerprint density at radius 2 is 1.77 bits per heavy atom. The molecule has 0 fully saturated rings. The summed E-state index contributed by atoms with van der Waals surface area (Å²) in [6, 6.07) is 18.0. The number of ether oxygens (including phenoxy) is 2. The zero-order valence-corrected chi connectivity index (χ0v) is 19.5. The van der Waals surface area contributed by atoms with Gasteiger partial charge in [-0.2, -0.15) is 5.10 Å². The number of aromatic nitrogens is 2. The zero-order valence-electron chi connectivity index (χ0n) is 19.5. The number of aryl methyl sites for hydroxylation is 1. The summed E-state index contributed by atoms with van der Waals surface area (Å²) in [6.45, 7) is 3.05. The highest BCUT2D eigenvalue weighted by atomic mass is 16.5. The Labute approximate surface area is 202 Å². The molecule has 0 spiro atoms. The number of hydrogen-bond donors (Lipinski definition) is 2. The molecule has 2 heterocycles. The molecule has 4 rings (SSSR count). The van der Waals surface area contributed by atoms with Crippen molar-refractivity contribution in [2.75, 3.05) is 11.9 Å². The number of rotatable bonds is 10. The Hall–Kier alpha value is -4.53. The average molecular weight is 475 g/mol. The summed E-state index contributed by atoms with van der Waals surface area (Å²) in [6.07, 6.45) is 2.98. The van der Waals surface area contributed by atoms with Crippen LogP contribution in [-0.2, 0) is 20.2 Å². The molecule has 2 aromatic heterocycles. The Kier molecular flexibility index (Phi) is 7.47. The van der Waals surface area contributed by atoms with Crippen LogP contribution in [0.4, 0.5) is 5.69 Å². The van der Waals surface area contributed by atoms with Gasteiger partial charge in [0.1, 0.15) is 29.6 Å². The van der Waals surface area contributed by atoms with E-state index in [1.807, 2.05) is 37.3 Å². The quantitative estimate of drug-likeness (QED) is 0.357. The van der Waals surface area contributed by atoms with E-state index < -0.39 is 0 Å². The second-order valence-corrected chi connectivity index (χ2v) is 7.64. The van der Waals surface area contributed by atoms with E-state index in [0.29, 0.717) is 36.0 Å². The smallest absolute Gasteiger partial charge is 0.272 e. The Morgan fingerprint density at radius 3 is 2.49 bits per heavy atom. The van der Waals surface area contributed by atoms with E-state index in [1.165, 1.54) is 17.1 Å². The molecule has 0 bridgehead atoms. The average Bonchev–Trinajstić information content (AvgIpc) is 3.52. The summed E-state index contributed by atoms with van der Waals surface area (Å²) in [7, 11) is 1.64. The molecule has 0 radical (unpaired) electrons. The molecule has 0 saturated heterocycles. The first-order valence-corrected chi connectivity index (χ1v) is 11.1. The van der Waals surface area contributed by atoms with Crippen LogP contribution in [0, 0.1) is 0 Å². The highest BCUT2D eigenvalue weighted by molar-refractivity contribution is 6.08. The standard InChI is InChI=1S/C26H26N4O5/c1-3-33-20-9-11-21(12-10-20)35-17-18-6-4-7-19(14-18)25(31)29-23-16-28-30(2)24(23)26(32)27-15-22-8-5-13-34-22/h4-14,16H,3,15,17H2,1-2H3,(H,27,32)(H,29,31). The second-order valence-electron chi connectivity index (χ2n) is 7.64. The molecule has 9 heteroatoms. The second kappa shape index (κ2) is 11.1. The number of nitrogens with one attached hydrogen (secondary N) is 2. The van der Waals surface area contributed by atoms with Gasteiger partial charge >= 0.3 is 0 Å². The van der Waals surface area contributed by atoms with Crippen LogP contribution in [0.5, 0.6) is 11.5 Å². The van der Waals surface area contributed by atoms with E-state index in [0.717, 1.165) is 11.3 Å². The van der Waals surface area contributed by atoms with Gasteiger partial charge < -0.3 is 24.5 Å². The van der Waals surface area contributed by atoms with Crippen molar-refractivity contribution in [1.82, 2.24) is 15.1 Å². The van der Waals surface area contributed by atoms with Crippen molar-refractivity contribution >= 4 is 17.5 Å². The van der Waals surface area contributed by atoms with Crippen molar-refractivity contribution in [2.45, 2.75) is 20.1 Å². The lowest BCUT2D eigenvalue weighted by Crippen LogP contribution is -2.26. The van der Waals surface area contributed by atoms with E-state index >= 15 is 0 Å². The van der Waals surface area contributed by atoms with Gasteiger partial charge in [-0.15, -0.1) is 0 Å². The van der Waals surface area contributed by atoms with Crippen molar-refractivity contribution in [3.8, 4) is 11.5 Å². The molecule has 0 atom stereocenters. The summed E-state index contributed by atoms with van der Waals surface area (Å²) in [5.41, 5.74) is 1.81. The molecule has 0 saturated carbocycles. The molecule has 4 aromatic rings. The molecule has 35 heavy (non-hydrogen) atoms. The van der Waals surface area contributed by atoms with Gasteiger partial charge in [0.25, 0.3) is 11.8 Å². The molecule has 9 nitrogen and oxygen atoms in total. The summed E-state index contributed by atoms with van der Waals surface area (Å²) in [4.78, 5) is 25.6. The summed E-state index contributed by atoms with van der Waals surface area (Å²) >= 11 is 0. The van der Waals surface area contributed by atoms with Gasteiger partial charge in [0, 0.05) is 12.6 Å². The number of furan rings is 1. The molecule has 2 aromatic carbocycles. The summed E-state index contributed by atoms with van der Waals surface area (Å²) in [5.74, 6) is 1.36. The Morgan fingerprint density at radius 1 is 1.00 bits per heavy atom. The molecule has 0 aliphatic carbocycles. The van der Waals surface area contributed by atoms with E-state index in [4.69, 9.17) is 13.9 Å². The molecule has 0 aliphatic rings. The number of benzene rings is 2. The minimum absolute atomic E-state index is 0.223. The van der Waals surface area contributed by atoms with Crippen molar-refractivity contribution in [3.05, 3.63) is 95.7 Å². The molecule has 2 N–H and O–H groups in total. The van der Waals surface area contributed by atoms with Gasteiger partial charge in [0.05, 0.1) is 31.3 Å². The highest BCUT2D eigenvalue weighted by Crippen LogP contribution is 2.20. The minimum atomic E-state index is -0.380.